The third kappa shape index (κ3) is 5.72. The Morgan fingerprint density at radius 1 is 1.21 bits per heavy atom. The highest BCUT2D eigenvalue weighted by Crippen LogP contribution is 2.32. The molecule has 198 valence electrons. The van der Waals surface area contributed by atoms with Gasteiger partial charge < -0.3 is 14.9 Å². The van der Waals surface area contributed by atoms with Crippen LogP contribution in [0.1, 0.15) is 47.5 Å². The molecule has 13 heteroatoms. The molecule has 9 nitrogen and oxygen atoms in total. The van der Waals surface area contributed by atoms with Crippen LogP contribution in [0.4, 0.5) is 19.0 Å². The normalized spacial score (nSPS) is 13.3. The minimum absolute atomic E-state index is 0.132. The van der Waals surface area contributed by atoms with Crippen LogP contribution in [0.15, 0.2) is 47.2 Å². The van der Waals surface area contributed by atoms with E-state index in [2.05, 4.69) is 31.1 Å². The highest BCUT2D eigenvalue weighted by Gasteiger charge is 2.24. The topological polar surface area (TPSA) is 101 Å². The molecule has 38 heavy (non-hydrogen) atoms. The van der Waals surface area contributed by atoms with Gasteiger partial charge in [-0.05, 0) is 81.3 Å². The number of hydrogen-bond acceptors (Lipinski definition) is 6. The molecule has 1 aliphatic rings. The summed E-state index contributed by atoms with van der Waals surface area (Å²) < 4.78 is 51.0. The molecule has 1 saturated carbocycles. The van der Waals surface area contributed by atoms with Crippen LogP contribution in [0.25, 0.3) is 5.69 Å². The molecular weight excluding hydrogens is 569 g/mol. The fourth-order valence-electron chi connectivity index (χ4n) is 4.16. The van der Waals surface area contributed by atoms with Gasteiger partial charge in [-0.15, -0.1) is 0 Å². The molecule has 1 aromatic carbocycles. The van der Waals surface area contributed by atoms with Gasteiger partial charge in [0.1, 0.15) is 18.1 Å². The molecule has 3 aromatic heterocycles. The molecule has 0 amide bonds. The lowest BCUT2D eigenvalue weighted by molar-refractivity contribution is -0.390. The van der Waals surface area contributed by atoms with Crippen LogP contribution in [0, 0.1) is 28.8 Å². The summed E-state index contributed by atoms with van der Waals surface area (Å²) in [7, 11) is 0. The van der Waals surface area contributed by atoms with Gasteiger partial charge >= 0.3 is 5.82 Å². The zero-order valence-electron chi connectivity index (χ0n) is 20.2. The number of nitrogens with zero attached hydrogens (tertiary/aromatic N) is 6. The van der Waals surface area contributed by atoms with Gasteiger partial charge in [-0.25, -0.2) is 17.9 Å². The van der Waals surface area contributed by atoms with E-state index in [1.54, 1.807) is 0 Å². The van der Waals surface area contributed by atoms with Crippen molar-refractivity contribution in [3.05, 3.63) is 91.3 Å². The monoisotopic (exact) mass is 590 g/mol. The Kier molecular flexibility index (Phi) is 7.19. The van der Waals surface area contributed by atoms with E-state index in [4.69, 9.17) is 4.74 Å². The van der Waals surface area contributed by atoms with E-state index in [9.17, 15) is 23.3 Å². The van der Waals surface area contributed by atoms with Crippen LogP contribution in [0.2, 0.25) is 0 Å². The van der Waals surface area contributed by atoms with Crippen molar-refractivity contribution in [2.24, 2.45) is 5.92 Å². The van der Waals surface area contributed by atoms with Crippen molar-refractivity contribution in [1.29, 1.82) is 0 Å². The summed E-state index contributed by atoms with van der Waals surface area (Å²) in [6, 6.07) is 6.48. The van der Waals surface area contributed by atoms with Crippen molar-refractivity contribution >= 4 is 21.7 Å². The number of ether oxygens (including phenoxy) is 1. The van der Waals surface area contributed by atoms with Crippen LogP contribution >= 0.6 is 15.9 Å². The maximum absolute atomic E-state index is 14.3. The number of aryl methyl sites for hydroxylation is 1. The minimum atomic E-state index is -2.82. The molecule has 0 unspecified atom stereocenters. The Morgan fingerprint density at radius 3 is 2.71 bits per heavy atom. The standard InChI is InChI=1S/C25H22BrF3N6O3/c1-14-16(12-33(31-14)11-15-2-3-15)7-20-9-21(24(28)29)32-34(20)22-5-4-19(27)6-17(22)13-38-23-8-18(26)10-30-25(23)35(36)37/h4-6,8-10,12,15,24H,2-3,7,11,13H2,1H3. The Morgan fingerprint density at radius 2 is 2.00 bits per heavy atom. The lowest BCUT2D eigenvalue weighted by Crippen LogP contribution is -2.09. The number of aromatic nitrogens is 5. The molecule has 0 saturated heterocycles. The van der Waals surface area contributed by atoms with Gasteiger partial charge in [-0.3, -0.25) is 4.68 Å². The van der Waals surface area contributed by atoms with Crippen molar-refractivity contribution in [3.8, 4) is 11.4 Å². The van der Waals surface area contributed by atoms with E-state index in [1.165, 1.54) is 54.1 Å². The van der Waals surface area contributed by atoms with Crippen LogP contribution in [0.3, 0.4) is 0 Å². The van der Waals surface area contributed by atoms with Crippen LogP contribution < -0.4 is 4.74 Å². The molecule has 0 radical (unpaired) electrons. The number of nitro groups is 1. The van der Waals surface area contributed by atoms with E-state index in [0.717, 1.165) is 17.8 Å². The van der Waals surface area contributed by atoms with Crippen LogP contribution in [0.5, 0.6) is 5.75 Å². The summed E-state index contributed by atoms with van der Waals surface area (Å²) in [5.41, 5.74) is 2.24. The Bertz CT molecular complexity index is 1500. The predicted octanol–water partition coefficient (Wildman–Crippen LogP) is 6.10. The molecule has 0 spiro atoms. The Labute approximate surface area is 223 Å². The Balaban J connectivity index is 1.49. The molecule has 0 bridgehead atoms. The molecule has 0 aliphatic heterocycles. The second kappa shape index (κ2) is 10.6. The van der Waals surface area contributed by atoms with Crippen molar-refractivity contribution in [1.82, 2.24) is 24.5 Å². The molecule has 4 aromatic rings. The highest BCUT2D eigenvalue weighted by molar-refractivity contribution is 9.10. The summed E-state index contributed by atoms with van der Waals surface area (Å²) in [4.78, 5) is 14.4. The average Bonchev–Trinajstić information content (AvgIpc) is 3.47. The van der Waals surface area contributed by atoms with E-state index in [0.29, 0.717) is 21.8 Å². The number of hydrogen-bond donors (Lipinski definition) is 0. The zero-order valence-corrected chi connectivity index (χ0v) is 21.7. The molecule has 0 N–H and O–H groups in total. The first-order valence-electron chi connectivity index (χ1n) is 11.8. The number of alkyl halides is 2. The van der Waals surface area contributed by atoms with Gasteiger partial charge in [0.2, 0.25) is 5.75 Å². The fraction of sp³-hybridized carbons (Fsp3) is 0.320. The maximum atomic E-state index is 14.3. The smallest absolute Gasteiger partial charge is 0.406 e. The van der Waals surface area contributed by atoms with Gasteiger partial charge in [0.25, 0.3) is 6.43 Å². The number of halogens is 4. The van der Waals surface area contributed by atoms with E-state index in [1.807, 2.05) is 17.8 Å². The quantitative estimate of drug-likeness (QED) is 0.163. The predicted molar refractivity (Wildman–Crippen MR) is 134 cm³/mol. The highest BCUT2D eigenvalue weighted by atomic mass is 79.9. The molecule has 5 rings (SSSR count). The summed E-state index contributed by atoms with van der Waals surface area (Å²) in [6.07, 6.45) is 2.98. The average molecular weight is 591 g/mol. The Hall–Kier alpha value is -3.74. The number of pyridine rings is 1. The number of benzene rings is 1. The second-order valence-electron chi connectivity index (χ2n) is 9.15. The van der Waals surface area contributed by atoms with Crippen LogP contribution in [-0.4, -0.2) is 29.5 Å². The second-order valence-corrected chi connectivity index (χ2v) is 10.1. The lowest BCUT2D eigenvalue weighted by Gasteiger charge is -2.14. The van der Waals surface area contributed by atoms with Crippen molar-refractivity contribution in [2.45, 2.75) is 45.8 Å². The number of rotatable bonds is 10. The summed E-state index contributed by atoms with van der Waals surface area (Å²) in [5, 5.41) is 20.0. The van der Waals surface area contributed by atoms with Gasteiger partial charge in [-0.2, -0.15) is 10.2 Å². The zero-order chi connectivity index (χ0) is 27.0. The first kappa shape index (κ1) is 25.9. The van der Waals surface area contributed by atoms with Crippen LogP contribution in [-0.2, 0) is 19.6 Å². The van der Waals surface area contributed by atoms with Gasteiger partial charge in [0.15, 0.2) is 6.20 Å². The maximum Gasteiger partial charge on any atom is 0.406 e. The summed E-state index contributed by atoms with van der Waals surface area (Å²) in [5.74, 6) is -0.609. The molecule has 1 aliphatic carbocycles. The third-order valence-electron chi connectivity index (χ3n) is 6.21. The summed E-state index contributed by atoms with van der Waals surface area (Å²) >= 11 is 3.20. The lowest BCUT2D eigenvalue weighted by atomic mass is 10.1. The van der Waals surface area contributed by atoms with Crippen molar-refractivity contribution < 1.29 is 22.8 Å². The van der Waals surface area contributed by atoms with E-state index in [-0.39, 0.29) is 24.3 Å². The first-order valence-corrected chi connectivity index (χ1v) is 12.6. The SMILES string of the molecule is Cc1nn(CC2CC2)cc1Cc1cc(C(F)F)nn1-c1ccc(F)cc1COc1cc(Br)cnc1[N+](=O)[O-]. The molecule has 1 fully saturated rings. The van der Waals surface area contributed by atoms with Gasteiger partial charge in [-0.1, -0.05) is 0 Å². The van der Waals surface area contributed by atoms with Gasteiger partial charge in [0.05, 0.1) is 15.9 Å². The van der Waals surface area contributed by atoms with E-state index < -0.39 is 28.7 Å². The van der Waals surface area contributed by atoms with Crippen molar-refractivity contribution in [2.75, 3.05) is 0 Å². The third-order valence-corrected chi connectivity index (χ3v) is 6.65. The largest absolute Gasteiger partial charge is 0.481 e. The summed E-state index contributed by atoms with van der Waals surface area (Å²) in [6.45, 7) is 2.38. The minimum Gasteiger partial charge on any atom is -0.481 e. The fourth-order valence-corrected chi connectivity index (χ4v) is 4.47. The molecular formula is C25H22BrF3N6O3. The molecule has 3 heterocycles. The van der Waals surface area contributed by atoms with Gasteiger partial charge in [0, 0.05) is 36.5 Å². The molecule has 0 atom stereocenters. The van der Waals surface area contributed by atoms with Crippen molar-refractivity contribution in [3.63, 3.8) is 0 Å². The van der Waals surface area contributed by atoms with E-state index >= 15 is 0 Å². The first-order chi connectivity index (χ1) is 18.2.